The van der Waals surface area contributed by atoms with Crippen molar-refractivity contribution in [2.45, 2.75) is 51.5 Å². The summed E-state index contributed by atoms with van der Waals surface area (Å²) in [7, 11) is -2.05. The molecule has 0 saturated carbocycles. The third-order valence-corrected chi connectivity index (χ3v) is 8.28. The highest BCUT2D eigenvalue weighted by Gasteiger charge is 2.42. The second kappa shape index (κ2) is 7.60. The van der Waals surface area contributed by atoms with Crippen molar-refractivity contribution in [3.05, 3.63) is 0 Å². The molecule has 0 radical (unpaired) electrons. The summed E-state index contributed by atoms with van der Waals surface area (Å²) in [5.41, 5.74) is 0. The molecule has 0 fully saturated rings. The van der Waals surface area contributed by atoms with Gasteiger partial charge in [-0.25, -0.2) is 0 Å². The number of hydrogen-bond donors (Lipinski definition) is 1. The van der Waals surface area contributed by atoms with Crippen LogP contribution in [0.2, 0.25) is 18.1 Å². The molecular weight excluding hydrogens is 303 g/mol. The van der Waals surface area contributed by atoms with Crippen LogP contribution < -0.4 is 0 Å². The van der Waals surface area contributed by atoms with Crippen molar-refractivity contribution in [3.8, 4) is 0 Å². The maximum Gasteiger partial charge on any atom is 0.471 e. The van der Waals surface area contributed by atoms with Crippen LogP contribution >= 0.6 is 0 Å². The first-order valence-electron chi connectivity index (χ1n) is 6.94. The Morgan fingerprint density at radius 1 is 1.19 bits per heavy atom. The van der Waals surface area contributed by atoms with E-state index in [2.05, 4.69) is 0 Å². The molecule has 21 heavy (non-hydrogen) atoms. The van der Waals surface area contributed by atoms with Gasteiger partial charge in [0.1, 0.15) is 0 Å². The van der Waals surface area contributed by atoms with Crippen molar-refractivity contribution in [3.63, 3.8) is 0 Å². The predicted molar refractivity (Wildman–Crippen MR) is 77.5 cm³/mol. The highest BCUT2D eigenvalue weighted by molar-refractivity contribution is 6.74. The van der Waals surface area contributed by atoms with Gasteiger partial charge in [-0.2, -0.15) is 13.2 Å². The fraction of sp³-hybridized carbons (Fsp3) is 0.923. The normalized spacial score (nSPS) is 13.4. The molecule has 0 spiro atoms. The Kier molecular flexibility index (Phi) is 7.38. The molecule has 8 heteroatoms. The zero-order chi connectivity index (χ0) is 16.9. The van der Waals surface area contributed by atoms with Gasteiger partial charge in [-0.15, -0.1) is 0 Å². The van der Waals surface area contributed by atoms with Gasteiger partial charge in [0, 0.05) is 19.7 Å². The number of aliphatic hydroxyl groups is 1. The molecule has 0 saturated heterocycles. The van der Waals surface area contributed by atoms with Crippen LogP contribution in [0.4, 0.5) is 13.2 Å². The fourth-order valence-electron chi connectivity index (χ4n) is 1.38. The van der Waals surface area contributed by atoms with E-state index in [1.807, 2.05) is 33.9 Å². The first kappa shape index (κ1) is 20.4. The number of carbonyl (C=O) groups excluding carboxylic acids is 1. The van der Waals surface area contributed by atoms with Gasteiger partial charge in [0.25, 0.3) is 0 Å². The molecule has 0 aliphatic heterocycles. The molecule has 4 nitrogen and oxygen atoms in total. The molecule has 0 heterocycles. The van der Waals surface area contributed by atoms with E-state index in [0.29, 0.717) is 4.90 Å². The summed E-state index contributed by atoms with van der Waals surface area (Å²) in [6.45, 7) is 9.65. The first-order chi connectivity index (χ1) is 9.33. The Labute approximate surface area is 125 Å². The number of rotatable bonds is 7. The molecule has 0 unspecified atom stereocenters. The average molecular weight is 329 g/mol. The summed E-state index contributed by atoms with van der Waals surface area (Å²) in [5.74, 6) is -1.88. The average Bonchev–Trinajstić information content (AvgIpc) is 2.29. The second-order valence-electron chi connectivity index (χ2n) is 6.48. The zero-order valence-electron chi connectivity index (χ0n) is 13.4. The minimum Gasteiger partial charge on any atom is -0.415 e. The lowest BCUT2D eigenvalue weighted by molar-refractivity contribution is -0.185. The van der Waals surface area contributed by atoms with Crippen molar-refractivity contribution in [2.75, 3.05) is 26.3 Å². The van der Waals surface area contributed by atoms with Crippen LogP contribution in [0.1, 0.15) is 27.2 Å². The highest BCUT2D eigenvalue weighted by Crippen LogP contribution is 2.36. The molecular formula is C13H26F3NO3Si. The lowest BCUT2D eigenvalue weighted by Gasteiger charge is -2.36. The smallest absolute Gasteiger partial charge is 0.415 e. The third kappa shape index (κ3) is 6.79. The van der Waals surface area contributed by atoms with E-state index in [9.17, 15) is 18.0 Å². The van der Waals surface area contributed by atoms with Crippen molar-refractivity contribution in [1.29, 1.82) is 0 Å². The van der Waals surface area contributed by atoms with Gasteiger partial charge >= 0.3 is 12.1 Å². The van der Waals surface area contributed by atoms with Crippen molar-refractivity contribution < 1.29 is 27.5 Å². The van der Waals surface area contributed by atoms with E-state index in [0.717, 1.165) is 0 Å². The largest absolute Gasteiger partial charge is 0.471 e. The molecule has 1 N–H and O–H groups in total. The second-order valence-corrected chi connectivity index (χ2v) is 11.3. The highest BCUT2D eigenvalue weighted by atomic mass is 28.4. The Morgan fingerprint density at radius 2 is 1.71 bits per heavy atom. The molecule has 0 bridgehead atoms. The number of hydrogen-bond acceptors (Lipinski definition) is 3. The molecule has 0 aromatic heterocycles. The SMILES string of the molecule is CC(C)(C)[Si](C)(C)OCCN(CCCO)C(=O)C(F)(F)F. The minimum atomic E-state index is -4.90. The summed E-state index contributed by atoms with van der Waals surface area (Å²) in [4.78, 5) is 12.0. The summed E-state index contributed by atoms with van der Waals surface area (Å²) in [6, 6.07) is 0. The van der Waals surface area contributed by atoms with E-state index < -0.39 is 20.4 Å². The Morgan fingerprint density at radius 3 is 2.10 bits per heavy atom. The molecule has 126 valence electrons. The van der Waals surface area contributed by atoms with Crippen LogP contribution in [0.15, 0.2) is 0 Å². The van der Waals surface area contributed by atoms with Crippen LogP contribution in [-0.2, 0) is 9.22 Å². The molecule has 0 aliphatic carbocycles. The van der Waals surface area contributed by atoms with Crippen molar-refractivity contribution in [2.24, 2.45) is 0 Å². The van der Waals surface area contributed by atoms with Crippen LogP contribution in [-0.4, -0.2) is 56.7 Å². The van der Waals surface area contributed by atoms with E-state index in [4.69, 9.17) is 9.53 Å². The fourth-order valence-corrected chi connectivity index (χ4v) is 2.42. The van der Waals surface area contributed by atoms with Crippen molar-refractivity contribution >= 4 is 14.2 Å². The number of carbonyl (C=O) groups is 1. The van der Waals surface area contributed by atoms with E-state index >= 15 is 0 Å². The molecule has 0 aromatic carbocycles. The van der Waals surface area contributed by atoms with Gasteiger partial charge in [-0.1, -0.05) is 20.8 Å². The van der Waals surface area contributed by atoms with E-state index in [-0.39, 0.29) is 37.8 Å². The molecule has 0 atom stereocenters. The number of nitrogens with zero attached hydrogens (tertiary/aromatic N) is 1. The standard InChI is InChI=1S/C13H26F3NO3Si/c1-12(2,3)21(4,5)20-10-8-17(7-6-9-18)11(19)13(14,15)16/h18H,6-10H2,1-5H3. The summed E-state index contributed by atoms with van der Waals surface area (Å²) in [6.07, 6.45) is -4.78. The number of aliphatic hydroxyl groups excluding tert-OH is 1. The molecule has 0 rings (SSSR count). The van der Waals surface area contributed by atoms with E-state index in [1.165, 1.54) is 0 Å². The maximum atomic E-state index is 12.5. The maximum absolute atomic E-state index is 12.5. The van der Waals surface area contributed by atoms with Gasteiger partial charge in [-0.05, 0) is 24.6 Å². The van der Waals surface area contributed by atoms with Gasteiger partial charge in [0.05, 0.1) is 6.61 Å². The van der Waals surface area contributed by atoms with Gasteiger partial charge in [0.2, 0.25) is 0 Å². The Hall–Kier alpha value is -0.603. The molecule has 1 amide bonds. The van der Waals surface area contributed by atoms with Gasteiger partial charge in [0.15, 0.2) is 8.32 Å². The quantitative estimate of drug-likeness (QED) is 0.731. The number of halogens is 3. The van der Waals surface area contributed by atoms with Gasteiger partial charge in [-0.3, -0.25) is 4.79 Å². The Balaban J connectivity index is 4.61. The number of amides is 1. The zero-order valence-corrected chi connectivity index (χ0v) is 14.4. The molecule has 0 aromatic rings. The van der Waals surface area contributed by atoms with Crippen LogP contribution in [0.25, 0.3) is 0 Å². The summed E-state index contributed by atoms with van der Waals surface area (Å²) < 4.78 is 43.3. The van der Waals surface area contributed by atoms with Gasteiger partial charge < -0.3 is 14.4 Å². The van der Waals surface area contributed by atoms with Crippen LogP contribution in [0.3, 0.4) is 0 Å². The van der Waals surface area contributed by atoms with Crippen molar-refractivity contribution in [1.82, 2.24) is 4.90 Å². The predicted octanol–water partition coefficient (Wildman–Crippen LogP) is 2.78. The summed E-state index contributed by atoms with van der Waals surface area (Å²) >= 11 is 0. The van der Waals surface area contributed by atoms with E-state index in [1.54, 1.807) is 0 Å². The topological polar surface area (TPSA) is 49.8 Å². The van der Waals surface area contributed by atoms with Crippen LogP contribution in [0, 0.1) is 0 Å². The lowest BCUT2D eigenvalue weighted by atomic mass is 10.2. The third-order valence-electron chi connectivity index (χ3n) is 3.75. The van der Waals surface area contributed by atoms with Crippen LogP contribution in [0.5, 0.6) is 0 Å². The number of alkyl halides is 3. The monoisotopic (exact) mass is 329 g/mol. The summed E-state index contributed by atoms with van der Waals surface area (Å²) in [5, 5.41) is 8.67. The molecule has 0 aliphatic rings. The lowest BCUT2D eigenvalue weighted by Crippen LogP contribution is -2.46. The first-order valence-corrected chi connectivity index (χ1v) is 9.84. The minimum absolute atomic E-state index is 0.0447. The Bertz CT molecular complexity index is 341.